The summed E-state index contributed by atoms with van der Waals surface area (Å²) in [5.41, 5.74) is 1.81. The molecule has 0 fully saturated rings. The summed E-state index contributed by atoms with van der Waals surface area (Å²) < 4.78 is 14.9. The first-order valence-corrected chi connectivity index (χ1v) is 7.70. The molecule has 0 aromatic heterocycles. The van der Waals surface area contributed by atoms with Crippen LogP contribution < -0.4 is 5.32 Å². The molecule has 0 amide bonds. The fourth-order valence-corrected chi connectivity index (χ4v) is 2.58. The van der Waals surface area contributed by atoms with Gasteiger partial charge < -0.3 is 5.32 Å². The predicted octanol–water partition coefficient (Wildman–Crippen LogP) is 5.13. The Bertz CT molecular complexity index is 571. The molecule has 106 valence electrons. The van der Waals surface area contributed by atoms with Crippen molar-refractivity contribution in [3.8, 4) is 0 Å². The van der Waals surface area contributed by atoms with E-state index in [-0.39, 0.29) is 11.9 Å². The van der Waals surface area contributed by atoms with Crippen molar-refractivity contribution in [3.05, 3.63) is 68.9 Å². The Labute approximate surface area is 132 Å². The highest BCUT2D eigenvalue weighted by Gasteiger charge is 2.14. The van der Waals surface area contributed by atoms with Crippen molar-refractivity contribution >= 4 is 27.5 Å². The minimum atomic E-state index is -0.252. The maximum atomic E-state index is 13.9. The highest BCUT2D eigenvalue weighted by Crippen LogP contribution is 2.23. The van der Waals surface area contributed by atoms with E-state index in [0.717, 1.165) is 16.6 Å². The lowest BCUT2D eigenvalue weighted by Crippen LogP contribution is -2.23. The Kier molecular flexibility index (Phi) is 5.58. The van der Waals surface area contributed by atoms with Crippen molar-refractivity contribution < 1.29 is 4.39 Å². The van der Waals surface area contributed by atoms with E-state index in [2.05, 4.69) is 21.2 Å². The van der Waals surface area contributed by atoms with Crippen LogP contribution in [0.2, 0.25) is 5.02 Å². The molecule has 1 N–H and O–H groups in total. The van der Waals surface area contributed by atoms with Crippen molar-refractivity contribution in [3.63, 3.8) is 0 Å². The van der Waals surface area contributed by atoms with Gasteiger partial charge in [0.15, 0.2) is 0 Å². The molecule has 1 nitrogen and oxygen atoms in total. The summed E-state index contributed by atoms with van der Waals surface area (Å²) in [7, 11) is 0. The number of benzene rings is 2. The average Bonchev–Trinajstić information content (AvgIpc) is 2.42. The zero-order chi connectivity index (χ0) is 14.5. The molecule has 0 saturated carbocycles. The van der Waals surface area contributed by atoms with E-state index in [1.165, 1.54) is 6.07 Å². The highest BCUT2D eigenvalue weighted by molar-refractivity contribution is 9.10. The molecule has 0 radical (unpaired) electrons. The van der Waals surface area contributed by atoms with Gasteiger partial charge >= 0.3 is 0 Å². The number of rotatable bonds is 5. The van der Waals surface area contributed by atoms with E-state index in [9.17, 15) is 4.39 Å². The third-order valence-corrected chi connectivity index (χ3v) is 3.93. The van der Waals surface area contributed by atoms with Crippen molar-refractivity contribution in [2.45, 2.75) is 19.4 Å². The molecule has 1 atom stereocenters. The molecule has 0 aliphatic carbocycles. The van der Waals surface area contributed by atoms with Crippen molar-refractivity contribution in [2.75, 3.05) is 6.54 Å². The molecule has 1 unspecified atom stereocenters. The van der Waals surface area contributed by atoms with Gasteiger partial charge in [0.2, 0.25) is 0 Å². The van der Waals surface area contributed by atoms with Gasteiger partial charge in [-0.15, -0.1) is 0 Å². The molecule has 0 spiro atoms. The zero-order valence-corrected chi connectivity index (χ0v) is 13.5. The van der Waals surface area contributed by atoms with Crippen LogP contribution in [-0.4, -0.2) is 6.54 Å². The quantitative estimate of drug-likeness (QED) is 0.782. The van der Waals surface area contributed by atoms with E-state index in [0.29, 0.717) is 17.0 Å². The third-order valence-electron chi connectivity index (χ3n) is 3.16. The van der Waals surface area contributed by atoms with Gasteiger partial charge in [0.25, 0.3) is 0 Å². The molecule has 0 aliphatic heterocycles. The average molecular weight is 357 g/mol. The fourth-order valence-electron chi connectivity index (χ4n) is 2.16. The summed E-state index contributed by atoms with van der Waals surface area (Å²) in [5.74, 6) is -0.252. The van der Waals surface area contributed by atoms with Crippen LogP contribution in [0.5, 0.6) is 0 Å². The Hall–Kier alpha value is -0.900. The summed E-state index contributed by atoms with van der Waals surface area (Å²) >= 11 is 9.21. The first kappa shape index (κ1) is 15.5. The van der Waals surface area contributed by atoms with Gasteiger partial charge in [0, 0.05) is 15.5 Å². The van der Waals surface area contributed by atoms with E-state index < -0.39 is 0 Å². The molecule has 4 heteroatoms. The standard InChI is InChI=1S/C16H16BrClFN/c1-2-20-16(11-3-6-13(17)7-4-11)9-12-5-8-14(18)10-15(12)19/h3-8,10,16,20H,2,9H2,1H3. The zero-order valence-electron chi connectivity index (χ0n) is 11.2. The van der Waals surface area contributed by atoms with Gasteiger partial charge in [0.1, 0.15) is 5.82 Å². The second kappa shape index (κ2) is 7.21. The molecule has 2 aromatic rings. The van der Waals surface area contributed by atoms with Crippen LogP contribution >= 0.6 is 27.5 Å². The fraction of sp³-hybridized carbons (Fsp3) is 0.250. The molecule has 0 bridgehead atoms. The minimum Gasteiger partial charge on any atom is -0.310 e. The molecule has 2 aromatic carbocycles. The first-order chi connectivity index (χ1) is 9.60. The lowest BCUT2D eigenvalue weighted by Gasteiger charge is -2.19. The maximum Gasteiger partial charge on any atom is 0.127 e. The molecular formula is C16H16BrClFN. The van der Waals surface area contributed by atoms with Gasteiger partial charge in [-0.2, -0.15) is 0 Å². The summed E-state index contributed by atoms with van der Waals surface area (Å²) in [4.78, 5) is 0. The Morgan fingerprint density at radius 1 is 1.20 bits per heavy atom. The second-order valence-corrected chi connectivity index (χ2v) is 5.95. The molecule has 2 rings (SSSR count). The number of halogens is 3. The topological polar surface area (TPSA) is 12.0 Å². The van der Waals surface area contributed by atoms with E-state index in [1.807, 2.05) is 31.2 Å². The summed E-state index contributed by atoms with van der Waals surface area (Å²) in [6, 6.07) is 13.0. The highest BCUT2D eigenvalue weighted by atomic mass is 79.9. The molecule has 0 aliphatic rings. The summed E-state index contributed by atoms with van der Waals surface area (Å²) in [6.45, 7) is 2.88. The Morgan fingerprint density at radius 2 is 1.90 bits per heavy atom. The number of hydrogen-bond acceptors (Lipinski definition) is 1. The van der Waals surface area contributed by atoms with Crippen molar-refractivity contribution in [2.24, 2.45) is 0 Å². The first-order valence-electron chi connectivity index (χ1n) is 6.53. The van der Waals surface area contributed by atoms with Crippen LogP contribution in [0.3, 0.4) is 0 Å². The van der Waals surface area contributed by atoms with Gasteiger partial charge in [-0.3, -0.25) is 0 Å². The number of nitrogens with one attached hydrogen (secondary N) is 1. The third kappa shape index (κ3) is 4.05. The molecule has 20 heavy (non-hydrogen) atoms. The smallest absolute Gasteiger partial charge is 0.127 e. The van der Waals surface area contributed by atoms with Gasteiger partial charge in [-0.1, -0.05) is 52.7 Å². The number of hydrogen-bond donors (Lipinski definition) is 1. The monoisotopic (exact) mass is 355 g/mol. The summed E-state index contributed by atoms with van der Waals surface area (Å²) in [6.07, 6.45) is 0.596. The Morgan fingerprint density at radius 3 is 2.50 bits per heavy atom. The van der Waals surface area contributed by atoms with Crippen LogP contribution in [-0.2, 0) is 6.42 Å². The Balaban J connectivity index is 2.22. The van der Waals surface area contributed by atoms with Crippen LogP contribution in [0.1, 0.15) is 24.1 Å². The maximum absolute atomic E-state index is 13.9. The van der Waals surface area contributed by atoms with E-state index >= 15 is 0 Å². The molecule has 0 heterocycles. The normalized spacial score (nSPS) is 12.4. The lowest BCUT2D eigenvalue weighted by atomic mass is 9.98. The van der Waals surface area contributed by atoms with Crippen LogP contribution in [0.15, 0.2) is 46.9 Å². The van der Waals surface area contributed by atoms with Crippen LogP contribution in [0.25, 0.3) is 0 Å². The summed E-state index contributed by atoms with van der Waals surface area (Å²) in [5, 5.41) is 3.82. The number of likely N-dealkylation sites (N-methyl/N-ethyl adjacent to an activating group) is 1. The van der Waals surface area contributed by atoms with E-state index in [1.54, 1.807) is 12.1 Å². The van der Waals surface area contributed by atoms with E-state index in [4.69, 9.17) is 11.6 Å². The van der Waals surface area contributed by atoms with Crippen LogP contribution in [0.4, 0.5) is 4.39 Å². The van der Waals surface area contributed by atoms with Crippen LogP contribution in [0, 0.1) is 5.82 Å². The van der Waals surface area contributed by atoms with Crippen molar-refractivity contribution in [1.29, 1.82) is 0 Å². The predicted molar refractivity (Wildman–Crippen MR) is 85.7 cm³/mol. The van der Waals surface area contributed by atoms with Gasteiger partial charge in [-0.25, -0.2) is 4.39 Å². The molecule has 0 saturated heterocycles. The van der Waals surface area contributed by atoms with Crippen molar-refractivity contribution in [1.82, 2.24) is 5.32 Å². The minimum absolute atomic E-state index is 0.0868. The van der Waals surface area contributed by atoms with Gasteiger partial charge in [-0.05, 0) is 48.4 Å². The SMILES string of the molecule is CCNC(Cc1ccc(Cl)cc1F)c1ccc(Br)cc1. The lowest BCUT2D eigenvalue weighted by molar-refractivity contribution is 0.528. The molecular weight excluding hydrogens is 341 g/mol. The largest absolute Gasteiger partial charge is 0.310 e. The second-order valence-electron chi connectivity index (χ2n) is 4.60. The van der Waals surface area contributed by atoms with Gasteiger partial charge in [0.05, 0.1) is 0 Å².